The summed E-state index contributed by atoms with van der Waals surface area (Å²) >= 11 is 0.808. The number of amides is 1. The van der Waals surface area contributed by atoms with Crippen LogP contribution in [0.3, 0.4) is 0 Å². The van der Waals surface area contributed by atoms with E-state index in [0.717, 1.165) is 18.4 Å². The molecular formula is C10H15N3O5S2. The maximum Gasteiger partial charge on any atom is 0.358 e. The Labute approximate surface area is 120 Å². The number of nitrogens with one attached hydrogen (secondary N) is 1. The number of hydrogen-bond acceptors (Lipinski definition) is 7. The van der Waals surface area contributed by atoms with Crippen LogP contribution in [-0.2, 0) is 19.6 Å². The van der Waals surface area contributed by atoms with Crippen LogP contribution in [0.1, 0.15) is 16.9 Å². The summed E-state index contributed by atoms with van der Waals surface area (Å²) in [5.41, 5.74) is 0.982. The Morgan fingerprint density at radius 1 is 1.45 bits per heavy atom. The van der Waals surface area contributed by atoms with Gasteiger partial charge in [-0.25, -0.2) is 22.9 Å². The summed E-state index contributed by atoms with van der Waals surface area (Å²) in [6, 6.07) is 0. The summed E-state index contributed by atoms with van der Waals surface area (Å²) in [4.78, 5) is 27.8. The predicted molar refractivity (Wildman–Crippen MR) is 72.0 cm³/mol. The maximum atomic E-state index is 12.0. The minimum Gasteiger partial charge on any atom is -0.464 e. The van der Waals surface area contributed by atoms with Gasteiger partial charge in [-0.1, -0.05) is 0 Å². The highest BCUT2D eigenvalue weighted by atomic mass is 32.2. The quantitative estimate of drug-likeness (QED) is 0.720. The summed E-state index contributed by atoms with van der Waals surface area (Å²) in [5.74, 6) is -1.03. The summed E-state index contributed by atoms with van der Waals surface area (Å²) in [6.45, 7) is -0.0577. The molecule has 0 aliphatic rings. The number of hydrogen-bond donors (Lipinski definition) is 1. The van der Waals surface area contributed by atoms with E-state index in [1.807, 2.05) is 0 Å². The van der Waals surface area contributed by atoms with Crippen molar-refractivity contribution in [2.75, 3.05) is 27.7 Å². The van der Waals surface area contributed by atoms with Crippen LogP contribution in [0, 0.1) is 0 Å². The van der Waals surface area contributed by atoms with E-state index in [-0.39, 0.29) is 28.8 Å². The first-order valence-electron chi connectivity index (χ1n) is 5.51. The number of aromatic nitrogens is 1. The molecule has 1 amide bonds. The number of thiazole rings is 1. The molecule has 1 aromatic rings. The van der Waals surface area contributed by atoms with Gasteiger partial charge in [0.1, 0.15) is 0 Å². The Kier molecular flexibility index (Phi) is 5.60. The number of ether oxygens (including phenoxy) is 1. The molecule has 1 N–H and O–H groups in total. The number of carbonyl (C=O) groups is 2. The smallest absolute Gasteiger partial charge is 0.358 e. The lowest BCUT2D eigenvalue weighted by Crippen LogP contribution is -2.30. The zero-order valence-electron chi connectivity index (χ0n) is 11.2. The molecule has 10 heteroatoms. The van der Waals surface area contributed by atoms with Crippen molar-refractivity contribution < 1.29 is 22.7 Å². The Bertz CT molecular complexity index is 594. The number of carbonyl (C=O) groups excluding carboxylic acids is 2. The third kappa shape index (κ3) is 3.99. The zero-order chi connectivity index (χ0) is 15.3. The maximum absolute atomic E-state index is 12.0. The molecule has 112 valence electrons. The van der Waals surface area contributed by atoms with Crippen molar-refractivity contribution in [3.63, 3.8) is 0 Å². The van der Waals surface area contributed by atoms with Gasteiger partial charge in [0.2, 0.25) is 5.91 Å². The number of rotatable bonds is 6. The number of methoxy groups -OCH3 is 1. The van der Waals surface area contributed by atoms with Crippen molar-refractivity contribution in [3.05, 3.63) is 11.2 Å². The fourth-order valence-corrected chi connectivity index (χ4v) is 3.45. The van der Waals surface area contributed by atoms with E-state index >= 15 is 0 Å². The standard InChI is InChI=1S/C10H15N3O5S2/c1-13(2)7(14)4-5-12-20(16,17)10-8(9(15)18-3)11-6-19-10/h6,12H,4-5H2,1-3H3. The molecule has 1 aromatic heterocycles. The predicted octanol–water partition coefficient (Wildman–Crippen LogP) is -0.314. The van der Waals surface area contributed by atoms with Crippen LogP contribution in [-0.4, -0.2) is 57.9 Å². The lowest BCUT2D eigenvalue weighted by atomic mass is 10.4. The second-order valence-electron chi connectivity index (χ2n) is 3.92. The van der Waals surface area contributed by atoms with Crippen LogP contribution in [0.5, 0.6) is 0 Å². The van der Waals surface area contributed by atoms with Crippen molar-refractivity contribution in [1.82, 2.24) is 14.6 Å². The van der Waals surface area contributed by atoms with Crippen molar-refractivity contribution in [2.24, 2.45) is 0 Å². The minimum absolute atomic E-state index is 0.0264. The fraction of sp³-hybridized carbons (Fsp3) is 0.500. The van der Waals surface area contributed by atoms with Gasteiger partial charge in [-0.05, 0) is 0 Å². The summed E-state index contributed by atoms with van der Waals surface area (Å²) < 4.78 is 30.5. The highest BCUT2D eigenvalue weighted by Crippen LogP contribution is 2.20. The first kappa shape index (κ1) is 16.5. The van der Waals surface area contributed by atoms with Crippen molar-refractivity contribution >= 4 is 33.2 Å². The van der Waals surface area contributed by atoms with Crippen LogP contribution < -0.4 is 4.72 Å². The molecule has 1 rings (SSSR count). The number of sulfonamides is 1. The molecule has 0 bridgehead atoms. The Morgan fingerprint density at radius 2 is 2.10 bits per heavy atom. The third-order valence-electron chi connectivity index (χ3n) is 2.29. The second kappa shape index (κ2) is 6.77. The van der Waals surface area contributed by atoms with Gasteiger partial charge in [-0.2, -0.15) is 0 Å². The lowest BCUT2D eigenvalue weighted by Gasteiger charge is -2.10. The highest BCUT2D eigenvalue weighted by Gasteiger charge is 2.26. The lowest BCUT2D eigenvalue weighted by molar-refractivity contribution is -0.128. The molecule has 0 saturated heterocycles. The highest BCUT2D eigenvalue weighted by molar-refractivity contribution is 7.91. The van der Waals surface area contributed by atoms with Crippen LogP contribution in [0.2, 0.25) is 0 Å². The molecule has 20 heavy (non-hydrogen) atoms. The molecule has 0 aromatic carbocycles. The molecule has 0 radical (unpaired) electrons. The molecule has 8 nitrogen and oxygen atoms in total. The molecule has 0 atom stereocenters. The summed E-state index contributed by atoms with van der Waals surface area (Å²) in [7, 11) is 0.408. The number of nitrogens with zero attached hydrogens (tertiary/aromatic N) is 2. The van der Waals surface area contributed by atoms with Crippen molar-refractivity contribution in [1.29, 1.82) is 0 Å². The molecular weight excluding hydrogens is 306 g/mol. The summed E-state index contributed by atoms with van der Waals surface area (Å²) in [5, 5.41) is 0. The first-order chi connectivity index (χ1) is 9.29. The van der Waals surface area contributed by atoms with E-state index in [2.05, 4.69) is 14.4 Å². The van der Waals surface area contributed by atoms with Gasteiger partial charge in [-0.3, -0.25) is 4.79 Å². The Morgan fingerprint density at radius 3 is 2.65 bits per heavy atom. The van der Waals surface area contributed by atoms with E-state index < -0.39 is 16.0 Å². The van der Waals surface area contributed by atoms with E-state index in [1.165, 1.54) is 10.4 Å². The van der Waals surface area contributed by atoms with Gasteiger partial charge < -0.3 is 9.64 Å². The largest absolute Gasteiger partial charge is 0.464 e. The van der Waals surface area contributed by atoms with Crippen molar-refractivity contribution in [2.45, 2.75) is 10.6 Å². The number of esters is 1. The van der Waals surface area contributed by atoms with Crippen LogP contribution in [0.4, 0.5) is 0 Å². The van der Waals surface area contributed by atoms with E-state index in [1.54, 1.807) is 14.1 Å². The molecule has 0 saturated carbocycles. The SMILES string of the molecule is COC(=O)c1ncsc1S(=O)(=O)NCCC(=O)N(C)C. The van der Waals surface area contributed by atoms with Gasteiger partial charge in [-0.15, -0.1) is 11.3 Å². The summed E-state index contributed by atoms with van der Waals surface area (Å²) in [6.07, 6.45) is 0.0264. The molecule has 0 aliphatic heterocycles. The van der Waals surface area contributed by atoms with Crippen molar-refractivity contribution in [3.8, 4) is 0 Å². The Hall–Kier alpha value is -1.52. The van der Waals surface area contributed by atoms with Crippen LogP contribution in [0.25, 0.3) is 0 Å². The van der Waals surface area contributed by atoms with Gasteiger partial charge in [0.05, 0.1) is 12.6 Å². The third-order valence-corrected chi connectivity index (χ3v) is 5.12. The molecule has 0 spiro atoms. The fourth-order valence-electron chi connectivity index (χ4n) is 1.24. The monoisotopic (exact) mass is 321 g/mol. The average molecular weight is 321 g/mol. The van der Waals surface area contributed by atoms with Gasteiger partial charge in [0.25, 0.3) is 10.0 Å². The van der Waals surface area contributed by atoms with E-state index in [0.29, 0.717) is 0 Å². The van der Waals surface area contributed by atoms with Gasteiger partial charge in [0, 0.05) is 27.1 Å². The normalized spacial score (nSPS) is 11.2. The minimum atomic E-state index is -3.89. The second-order valence-corrected chi connectivity index (χ2v) is 6.73. The van der Waals surface area contributed by atoms with Gasteiger partial charge in [0.15, 0.2) is 9.90 Å². The van der Waals surface area contributed by atoms with Crippen LogP contribution >= 0.6 is 11.3 Å². The molecule has 0 fully saturated rings. The Balaban J connectivity index is 2.78. The topological polar surface area (TPSA) is 106 Å². The average Bonchev–Trinajstić information content (AvgIpc) is 2.87. The van der Waals surface area contributed by atoms with E-state index in [4.69, 9.17) is 0 Å². The molecule has 0 unspecified atom stereocenters. The van der Waals surface area contributed by atoms with Gasteiger partial charge >= 0.3 is 5.97 Å². The van der Waals surface area contributed by atoms with E-state index in [9.17, 15) is 18.0 Å². The first-order valence-corrected chi connectivity index (χ1v) is 7.87. The molecule has 0 aliphatic carbocycles. The van der Waals surface area contributed by atoms with Crippen LogP contribution in [0.15, 0.2) is 9.72 Å². The zero-order valence-corrected chi connectivity index (χ0v) is 12.9. The molecule has 1 heterocycles.